The van der Waals surface area contributed by atoms with E-state index in [0.717, 1.165) is 12.1 Å². The van der Waals surface area contributed by atoms with Gasteiger partial charge in [0.2, 0.25) is 11.8 Å². The molecule has 0 radical (unpaired) electrons. The van der Waals surface area contributed by atoms with Gasteiger partial charge in [-0.05, 0) is 18.1 Å². The molecule has 6 heteroatoms. The molecule has 0 bridgehead atoms. The topological polar surface area (TPSA) is 72.2 Å². The summed E-state index contributed by atoms with van der Waals surface area (Å²) in [7, 11) is 0. The summed E-state index contributed by atoms with van der Waals surface area (Å²) in [5.74, 6) is -3.13. The Morgan fingerprint density at radius 1 is 1.26 bits per heavy atom. The molecule has 0 aliphatic rings. The highest BCUT2D eigenvalue weighted by molar-refractivity contribution is 5.87. The van der Waals surface area contributed by atoms with Crippen molar-refractivity contribution in [1.82, 2.24) is 5.32 Å². The number of nitrogens with one attached hydrogen (secondary N) is 1. The molecule has 1 rings (SSSR count). The molecule has 19 heavy (non-hydrogen) atoms. The summed E-state index contributed by atoms with van der Waals surface area (Å²) < 4.78 is 26.7. The maximum Gasteiger partial charge on any atom is 0.240 e. The highest BCUT2D eigenvalue weighted by atomic mass is 19.1. The van der Waals surface area contributed by atoms with Crippen molar-refractivity contribution in [2.75, 3.05) is 0 Å². The van der Waals surface area contributed by atoms with Crippen molar-refractivity contribution in [1.29, 1.82) is 0 Å². The molecule has 0 aliphatic carbocycles. The van der Waals surface area contributed by atoms with Gasteiger partial charge in [-0.2, -0.15) is 0 Å². The van der Waals surface area contributed by atoms with Crippen LogP contribution in [0.5, 0.6) is 0 Å². The van der Waals surface area contributed by atoms with Crippen LogP contribution in [0, 0.1) is 17.6 Å². The van der Waals surface area contributed by atoms with Crippen LogP contribution in [0.1, 0.15) is 19.4 Å². The first-order chi connectivity index (χ1) is 8.82. The van der Waals surface area contributed by atoms with Crippen molar-refractivity contribution >= 4 is 11.8 Å². The lowest BCUT2D eigenvalue weighted by Crippen LogP contribution is -2.48. The van der Waals surface area contributed by atoms with Crippen LogP contribution in [0.3, 0.4) is 0 Å². The van der Waals surface area contributed by atoms with Crippen molar-refractivity contribution in [3.05, 3.63) is 35.4 Å². The van der Waals surface area contributed by atoms with Crippen LogP contribution in [0.2, 0.25) is 0 Å². The molecule has 0 aromatic heterocycles. The first-order valence-corrected chi connectivity index (χ1v) is 5.84. The predicted octanol–water partition coefficient (Wildman–Crippen LogP) is 1.13. The Hall–Kier alpha value is -1.98. The van der Waals surface area contributed by atoms with E-state index in [1.807, 2.05) is 0 Å². The Morgan fingerprint density at radius 2 is 1.79 bits per heavy atom. The van der Waals surface area contributed by atoms with Gasteiger partial charge >= 0.3 is 0 Å². The Morgan fingerprint density at radius 3 is 2.21 bits per heavy atom. The number of hydrogen-bond acceptors (Lipinski definition) is 2. The van der Waals surface area contributed by atoms with Gasteiger partial charge in [-0.3, -0.25) is 9.59 Å². The highest BCUT2D eigenvalue weighted by Gasteiger charge is 2.22. The lowest BCUT2D eigenvalue weighted by atomic mass is 10.0. The molecule has 0 aliphatic heterocycles. The van der Waals surface area contributed by atoms with Gasteiger partial charge in [-0.1, -0.05) is 19.9 Å². The third-order valence-electron chi connectivity index (χ3n) is 2.69. The van der Waals surface area contributed by atoms with Gasteiger partial charge in [-0.25, -0.2) is 8.78 Å². The molecule has 1 aromatic carbocycles. The normalized spacial score (nSPS) is 12.3. The van der Waals surface area contributed by atoms with E-state index < -0.39 is 35.9 Å². The third kappa shape index (κ3) is 4.01. The van der Waals surface area contributed by atoms with Crippen molar-refractivity contribution in [2.45, 2.75) is 26.3 Å². The van der Waals surface area contributed by atoms with Crippen LogP contribution in [0.15, 0.2) is 18.2 Å². The largest absolute Gasteiger partial charge is 0.368 e. The van der Waals surface area contributed by atoms with E-state index in [0.29, 0.717) is 0 Å². The van der Waals surface area contributed by atoms with E-state index in [9.17, 15) is 18.4 Å². The molecule has 104 valence electrons. The molecule has 1 aromatic rings. The van der Waals surface area contributed by atoms with Crippen LogP contribution in [-0.4, -0.2) is 17.9 Å². The van der Waals surface area contributed by atoms with E-state index in [-0.39, 0.29) is 11.5 Å². The molecule has 1 atom stereocenters. The number of primary amides is 1. The van der Waals surface area contributed by atoms with Gasteiger partial charge in [0.15, 0.2) is 0 Å². The van der Waals surface area contributed by atoms with E-state index in [4.69, 9.17) is 5.73 Å². The van der Waals surface area contributed by atoms with Crippen LogP contribution in [0.25, 0.3) is 0 Å². The lowest BCUT2D eigenvalue weighted by Gasteiger charge is -2.19. The molecule has 3 N–H and O–H groups in total. The van der Waals surface area contributed by atoms with Gasteiger partial charge in [0.1, 0.15) is 17.7 Å². The zero-order valence-corrected chi connectivity index (χ0v) is 10.7. The summed E-state index contributed by atoms with van der Waals surface area (Å²) in [6.45, 7) is 3.42. The van der Waals surface area contributed by atoms with E-state index >= 15 is 0 Å². The summed E-state index contributed by atoms with van der Waals surface area (Å²) in [5.41, 5.74) is 4.81. The van der Waals surface area contributed by atoms with E-state index in [1.54, 1.807) is 13.8 Å². The molecule has 0 heterocycles. The molecule has 4 nitrogen and oxygen atoms in total. The number of carbonyl (C=O) groups is 2. The van der Waals surface area contributed by atoms with Crippen molar-refractivity contribution in [3.8, 4) is 0 Å². The number of rotatable bonds is 5. The number of carbonyl (C=O) groups excluding carboxylic acids is 2. The fourth-order valence-electron chi connectivity index (χ4n) is 1.65. The summed E-state index contributed by atoms with van der Waals surface area (Å²) >= 11 is 0. The van der Waals surface area contributed by atoms with Gasteiger partial charge in [-0.15, -0.1) is 0 Å². The number of halogens is 2. The van der Waals surface area contributed by atoms with Crippen molar-refractivity contribution in [2.24, 2.45) is 11.7 Å². The Balaban J connectivity index is 2.78. The van der Waals surface area contributed by atoms with Crippen LogP contribution in [0.4, 0.5) is 8.78 Å². The minimum atomic E-state index is -0.859. The Kier molecular flexibility index (Phi) is 4.97. The second-order valence-corrected chi connectivity index (χ2v) is 4.57. The van der Waals surface area contributed by atoms with Crippen molar-refractivity contribution < 1.29 is 18.4 Å². The van der Waals surface area contributed by atoms with Gasteiger partial charge < -0.3 is 11.1 Å². The summed E-state index contributed by atoms with van der Waals surface area (Å²) in [6.07, 6.45) is -0.477. The molecule has 0 fully saturated rings. The number of amides is 2. The average molecular weight is 270 g/mol. The lowest BCUT2D eigenvalue weighted by molar-refractivity contribution is -0.128. The highest BCUT2D eigenvalue weighted by Crippen LogP contribution is 2.13. The summed E-state index contributed by atoms with van der Waals surface area (Å²) in [5, 5.41) is 2.37. The molecule has 0 saturated carbocycles. The monoisotopic (exact) mass is 270 g/mol. The van der Waals surface area contributed by atoms with Gasteiger partial charge in [0, 0.05) is 5.56 Å². The smallest absolute Gasteiger partial charge is 0.240 e. The second-order valence-electron chi connectivity index (χ2n) is 4.57. The maximum absolute atomic E-state index is 13.4. The minimum absolute atomic E-state index is 0.202. The fourth-order valence-corrected chi connectivity index (χ4v) is 1.65. The molecule has 2 amide bonds. The first kappa shape index (κ1) is 15.1. The standard InChI is InChI=1S/C13H16F2N2O2/c1-7(2)12(13(16)19)17-11(18)6-8-9(14)4-3-5-10(8)15/h3-5,7,12H,6H2,1-2H3,(H2,16,19)(H,17,18)/t12-/m0/s1. The SMILES string of the molecule is CC(C)[C@H](NC(=O)Cc1c(F)cccc1F)C(N)=O. The minimum Gasteiger partial charge on any atom is -0.368 e. The molecule has 0 unspecified atom stereocenters. The summed E-state index contributed by atoms with van der Waals surface area (Å²) in [4.78, 5) is 22.8. The zero-order chi connectivity index (χ0) is 14.6. The number of hydrogen-bond donors (Lipinski definition) is 2. The molecular formula is C13H16F2N2O2. The zero-order valence-electron chi connectivity index (χ0n) is 10.7. The van der Waals surface area contributed by atoms with Crippen LogP contribution >= 0.6 is 0 Å². The number of benzene rings is 1. The Bertz CT molecular complexity index is 469. The molecular weight excluding hydrogens is 254 g/mol. The van der Waals surface area contributed by atoms with Gasteiger partial charge in [0.05, 0.1) is 6.42 Å². The quantitative estimate of drug-likeness (QED) is 0.842. The molecule has 0 saturated heterocycles. The number of nitrogens with two attached hydrogens (primary N) is 1. The summed E-state index contributed by atoms with van der Waals surface area (Å²) in [6, 6.07) is 2.49. The van der Waals surface area contributed by atoms with E-state index in [1.165, 1.54) is 6.07 Å². The predicted molar refractivity (Wildman–Crippen MR) is 66.0 cm³/mol. The van der Waals surface area contributed by atoms with E-state index in [2.05, 4.69) is 5.32 Å². The molecule has 0 spiro atoms. The fraction of sp³-hybridized carbons (Fsp3) is 0.385. The Labute approximate surface area is 110 Å². The van der Waals surface area contributed by atoms with Crippen molar-refractivity contribution in [3.63, 3.8) is 0 Å². The third-order valence-corrected chi connectivity index (χ3v) is 2.69. The first-order valence-electron chi connectivity index (χ1n) is 5.84. The van der Waals surface area contributed by atoms with Crippen LogP contribution < -0.4 is 11.1 Å². The van der Waals surface area contributed by atoms with Gasteiger partial charge in [0.25, 0.3) is 0 Å². The van der Waals surface area contributed by atoms with Crippen LogP contribution in [-0.2, 0) is 16.0 Å². The average Bonchev–Trinajstić information content (AvgIpc) is 2.30. The second kappa shape index (κ2) is 6.26. The maximum atomic E-state index is 13.4.